The molecule has 0 spiro atoms. The lowest BCUT2D eigenvalue weighted by Crippen LogP contribution is -2.44. The van der Waals surface area contributed by atoms with Gasteiger partial charge >= 0.3 is 5.97 Å². The van der Waals surface area contributed by atoms with Gasteiger partial charge in [-0.1, -0.05) is 66.7 Å². The van der Waals surface area contributed by atoms with Crippen molar-refractivity contribution < 1.29 is 24.5 Å². The number of carbonyl (C=O) groups is 1. The maximum Gasteiger partial charge on any atom is 0.323 e. The first kappa shape index (κ1) is 28.4. The standard InChI is InChI=1S/C33H32N2O5/c1-22-28(12-7-13-30(22)26-10-4-3-5-11-26)21-39-29-15-14-27(19-35-32(23(2)36)33(37)38)31(17-29)40-20-25-9-6-8-24(16-25)18-34/h3-17,23,32,35-36H,19-21H2,1-2H3,(H,37,38)/t23-,32-/m1/s1. The number of nitrogens with zero attached hydrogens (tertiary/aromatic N) is 1. The highest BCUT2D eigenvalue weighted by atomic mass is 16.5. The van der Waals surface area contributed by atoms with Crippen LogP contribution in [0.4, 0.5) is 0 Å². The van der Waals surface area contributed by atoms with Crippen molar-refractivity contribution in [1.82, 2.24) is 5.32 Å². The van der Waals surface area contributed by atoms with Crippen molar-refractivity contribution in [3.8, 4) is 28.7 Å². The number of aliphatic hydroxyl groups is 1. The molecule has 0 saturated heterocycles. The fourth-order valence-corrected chi connectivity index (χ4v) is 4.41. The smallest absolute Gasteiger partial charge is 0.323 e. The summed E-state index contributed by atoms with van der Waals surface area (Å²) in [6.07, 6.45) is -1.08. The summed E-state index contributed by atoms with van der Waals surface area (Å²) in [5.74, 6) is -0.0324. The topological polar surface area (TPSA) is 112 Å². The Labute approximate surface area is 234 Å². The van der Waals surface area contributed by atoms with Gasteiger partial charge in [-0.05, 0) is 59.9 Å². The van der Waals surface area contributed by atoms with E-state index in [1.165, 1.54) is 6.92 Å². The fourth-order valence-electron chi connectivity index (χ4n) is 4.41. The van der Waals surface area contributed by atoms with E-state index in [1.807, 2.05) is 48.5 Å². The third-order valence-corrected chi connectivity index (χ3v) is 6.68. The zero-order chi connectivity index (χ0) is 28.5. The Morgan fingerprint density at radius 3 is 2.42 bits per heavy atom. The van der Waals surface area contributed by atoms with Gasteiger partial charge in [-0.3, -0.25) is 10.1 Å². The van der Waals surface area contributed by atoms with Crippen molar-refractivity contribution in [2.45, 2.75) is 45.8 Å². The monoisotopic (exact) mass is 536 g/mol. The molecule has 2 atom stereocenters. The Kier molecular flexibility index (Phi) is 9.53. The van der Waals surface area contributed by atoms with Crippen LogP contribution in [0.3, 0.4) is 0 Å². The second kappa shape index (κ2) is 13.4. The molecule has 0 amide bonds. The first-order chi connectivity index (χ1) is 19.4. The number of hydrogen-bond donors (Lipinski definition) is 3. The van der Waals surface area contributed by atoms with E-state index in [1.54, 1.807) is 24.3 Å². The van der Waals surface area contributed by atoms with Crippen LogP contribution in [0, 0.1) is 18.3 Å². The number of carboxylic acids is 1. The first-order valence-electron chi connectivity index (χ1n) is 13.0. The van der Waals surface area contributed by atoms with E-state index >= 15 is 0 Å². The van der Waals surface area contributed by atoms with E-state index in [2.05, 4.69) is 36.5 Å². The molecule has 0 aliphatic carbocycles. The zero-order valence-corrected chi connectivity index (χ0v) is 22.5. The molecule has 0 bridgehead atoms. The van der Waals surface area contributed by atoms with Crippen LogP contribution in [0.1, 0.15) is 34.7 Å². The number of benzene rings is 4. The maximum absolute atomic E-state index is 11.5. The van der Waals surface area contributed by atoms with Gasteiger partial charge in [0.05, 0.1) is 17.7 Å². The fraction of sp³-hybridized carbons (Fsp3) is 0.212. The maximum atomic E-state index is 11.5. The summed E-state index contributed by atoms with van der Waals surface area (Å²) >= 11 is 0. The third-order valence-electron chi connectivity index (χ3n) is 6.68. The van der Waals surface area contributed by atoms with Crippen molar-refractivity contribution >= 4 is 5.97 Å². The van der Waals surface area contributed by atoms with E-state index < -0.39 is 18.1 Å². The van der Waals surface area contributed by atoms with Gasteiger partial charge in [0.1, 0.15) is 30.8 Å². The summed E-state index contributed by atoms with van der Waals surface area (Å²) in [6.45, 7) is 4.24. The quantitative estimate of drug-likeness (QED) is 0.216. The predicted molar refractivity (Wildman–Crippen MR) is 153 cm³/mol. The highest BCUT2D eigenvalue weighted by Crippen LogP contribution is 2.29. The van der Waals surface area contributed by atoms with Gasteiger partial charge in [0.25, 0.3) is 0 Å². The van der Waals surface area contributed by atoms with Crippen LogP contribution in [-0.2, 0) is 24.6 Å². The molecule has 0 radical (unpaired) electrons. The molecule has 0 heterocycles. The zero-order valence-electron chi connectivity index (χ0n) is 22.5. The number of aliphatic hydroxyl groups excluding tert-OH is 1. The number of rotatable bonds is 12. The molecule has 4 aromatic rings. The molecule has 7 heteroatoms. The summed E-state index contributed by atoms with van der Waals surface area (Å²) in [5.41, 5.74) is 6.56. The molecule has 0 saturated carbocycles. The molecule has 0 fully saturated rings. The Balaban J connectivity index is 1.54. The third kappa shape index (κ3) is 7.26. The van der Waals surface area contributed by atoms with Crippen LogP contribution in [-0.4, -0.2) is 28.3 Å². The van der Waals surface area contributed by atoms with Crippen LogP contribution in [0.5, 0.6) is 11.5 Å². The number of hydrogen-bond acceptors (Lipinski definition) is 6. The predicted octanol–water partition coefficient (Wildman–Crippen LogP) is 5.62. The normalized spacial score (nSPS) is 12.2. The Bertz CT molecular complexity index is 1490. The molecule has 0 unspecified atom stereocenters. The van der Waals surface area contributed by atoms with Gasteiger partial charge in [-0.25, -0.2) is 0 Å². The van der Waals surface area contributed by atoms with E-state index in [0.29, 0.717) is 29.2 Å². The SMILES string of the molecule is Cc1c(COc2ccc(CN[C@@H](C(=O)O)[C@@H](C)O)c(OCc3cccc(C#N)c3)c2)cccc1-c1ccccc1. The minimum atomic E-state index is -1.14. The molecular formula is C33H32N2O5. The van der Waals surface area contributed by atoms with Crippen molar-refractivity contribution in [3.05, 3.63) is 119 Å². The van der Waals surface area contributed by atoms with Crippen LogP contribution in [0.2, 0.25) is 0 Å². The molecule has 3 N–H and O–H groups in total. The Morgan fingerprint density at radius 2 is 1.70 bits per heavy atom. The van der Waals surface area contributed by atoms with Gasteiger partial charge < -0.3 is 19.7 Å². The second-order valence-electron chi connectivity index (χ2n) is 9.55. The molecule has 40 heavy (non-hydrogen) atoms. The number of nitriles is 1. The number of ether oxygens (including phenoxy) is 2. The second-order valence-corrected chi connectivity index (χ2v) is 9.55. The van der Waals surface area contributed by atoms with E-state index in [0.717, 1.165) is 27.8 Å². The lowest BCUT2D eigenvalue weighted by atomic mass is 9.97. The van der Waals surface area contributed by atoms with Gasteiger partial charge in [-0.2, -0.15) is 5.26 Å². The summed E-state index contributed by atoms with van der Waals surface area (Å²) in [5, 5.41) is 31.4. The number of nitrogens with one attached hydrogen (secondary N) is 1. The molecular weight excluding hydrogens is 504 g/mol. The van der Waals surface area contributed by atoms with Crippen molar-refractivity contribution in [3.63, 3.8) is 0 Å². The molecule has 4 aromatic carbocycles. The van der Waals surface area contributed by atoms with Crippen molar-refractivity contribution in [1.29, 1.82) is 5.26 Å². The van der Waals surface area contributed by atoms with E-state index in [-0.39, 0.29) is 13.2 Å². The highest BCUT2D eigenvalue weighted by Gasteiger charge is 2.23. The first-order valence-corrected chi connectivity index (χ1v) is 13.0. The lowest BCUT2D eigenvalue weighted by Gasteiger charge is -2.19. The van der Waals surface area contributed by atoms with E-state index in [4.69, 9.17) is 9.47 Å². The molecule has 0 aromatic heterocycles. The summed E-state index contributed by atoms with van der Waals surface area (Å²) in [7, 11) is 0. The van der Waals surface area contributed by atoms with Crippen LogP contribution >= 0.6 is 0 Å². The average Bonchev–Trinajstić information content (AvgIpc) is 2.96. The molecule has 7 nitrogen and oxygen atoms in total. The van der Waals surface area contributed by atoms with Gasteiger partial charge in [0, 0.05) is 18.2 Å². The van der Waals surface area contributed by atoms with Gasteiger partial charge in [0.15, 0.2) is 0 Å². The molecule has 0 aliphatic rings. The van der Waals surface area contributed by atoms with Gasteiger partial charge in [-0.15, -0.1) is 0 Å². The lowest BCUT2D eigenvalue weighted by molar-refractivity contribution is -0.142. The Morgan fingerprint density at radius 1 is 0.925 bits per heavy atom. The Hall–Kier alpha value is -4.64. The number of carboxylic acid groups (broad SMARTS) is 1. The molecule has 204 valence electrons. The summed E-state index contributed by atoms with van der Waals surface area (Å²) in [6, 6.07) is 29.9. The van der Waals surface area contributed by atoms with Crippen LogP contribution < -0.4 is 14.8 Å². The largest absolute Gasteiger partial charge is 0.489 e. The van der Waals surface area contributed by atoms with Crippen molar-refractivity contribution in [2.75, 3.05) is 0 Å². The minimum Gasteiger partial charge on any atom is -0.489 e. The number of aliphatic carboxylic acids is 1. The minimum absolute atomic E-state index is 0.161. The van der Waals surface area contributed by atoms with Crippen LogP contribution in [0.15, 0.2) is 91.0 Å². The highest BCUT2D eigenvalue weighted by molar-refractivity contribution is 5.74. The summed E-state index contributed by atoms with van der Waals surface area (Å²) < 4.78 is 12.3. The van der Waals surface area contributed by atoms with Gasteiger partial charge in [0.2, 0.25) is 0 Å². The summed E-state index contributed by atoms with van der Waals surface area (Å²) in [4.78, 5) is 11.5. The van der Waals surface area contributed by atoms with E-state index in [9.17, 15) is 20.3 Å². The van der Waals surface area contributed by atoms with Crippen LogP contribution in [0.25, 0.3) is 11.1 Å². The average molecular weight is 537 g/mol. The molecule has 0 aliphatic heterocycles. The molecule has 4 rings (SSSR count). The van der Waals surface area contributed by atoms with Crippen molar-refractivity contribution in [2.24, 2.45) is 0 Å².